The monoisotopic (exact) mass is 191 g/mol. The summed E-state index contributed by atoms with van der Waals surface area (Å²) in [5.74, 6) is -0.152. The van der Waals surface area contributed by atoms with Gasteiger partial charge in [-0.05, 0) is 0 Å². The van der Waals surface area contributed by atoms with Crippen molar-refractivity contribution >= 4 is 26.2 Å². The Kier molecular flexibility index (Phi) is 2.99. The molecule has 0 saturated carbocycles. The minimum atomic E-state index is -0.378. The minimum absolute atomic E-state index is 0.152. The SMILES string of the molecule is CC(C)(C)C(=O)N=C=[Se]. The molecule has 0 saturated heterocycles. The molecular formula is C6H9NOSe. The Morgan fingerprint density at radius 2 is 2.00 bits per heavy atom. The van der Waals surface area contributed by atoms with Gasteiger partial charge in [0.1, 0.15) is 0 Å². The molecule has 9 heavy (non-hydrogen) atoms. The van der Waals surface area contributed by atoms with Crippen molar-refractivity contribution in [3.05, 3.63) is 0 Å². The van der Waals surface area contributed by atoms with E-state index in [2.05, 4.69) is 25.3 Å². The van der Waals surface area contributed by atoms with Crippen LogP contribution in [0.3, 0.4) is 0 Å². The van der Waals surface area contributed by atoms with E-state index in [1.54, 1.807) is 0 Å². The summed E-state index contributed by atoms with van der Waals surface area (Å²) in [6.07, 6.45) is 0. The van der Waals surface area contributed by atoms with Crippen LogP contribution < -0.4 is 0 Å². The molecule has 0 aromatic rings. The van der Waals surface area contributed by atoms with Crippen LogP contribution in [0.2, 0.25) is 0 Å². The van der Waals surface area contributed by atoms with Gasteiger partial charge in [-0.15, -0.1) is 0 Å². The number of hydrogen-bond acceptors (Lipinski definition) is 1. The molecule has 0 rings (SSSR count). The van der Waals surface area contributed by atoms with E-state index in [-0.39, 0.29) is 11.3 Å². The molecule has 0 unspecified atom stereocenters. The van der Waals surface area contributed by atoms with Gasteiger partial charge < -0.3 is 0 Å². The topological polar surface area (TPSA) is 29.4 Å². The van der Waals surface area contributed by atoms with Crippen molar-refractivity contribution in [3.8, 4) is 0 Å². The van der Waals surface area contributed by atoms with E-state index >= 15 is 0 Å². The molecule has 0 atom stereocenters. The maximum absolute atomic E-state index is 10.8. The third-order valence-corrected chi connectivity index (χ3v) is 0.980. The summed E-state index contributed by atoms with van der Waals surface area (Å²) in [6.45, 7) is 5.45. The molecule has 0 bridgehead atoms. The Bertz CT molecular complexity index is 162. The number of carbonyl (C=O) groups is 1. The second kappa shape index (κ2) is 3.07. The van der Waals surface area contributed by atoms with Crippen LogP contribution in [0.5, 0.6) is 0 Å². The number of rotatable bonds is 0. The van der Waals surface area contributed by atoms with Crippen molar-refractivity contribution in [3.63, 3.8) is 0 Å². The molecule has 1 amide bonds. The van der Waals surface area contributed by atoms with Crippen molar-refractivity contribution in [1.29, 1.82) is 0 Å². The normalized spacial score (nSPS) is 10.1. The van der Waals surface area contributed by atoms with E-state index in [0.29, 0.717) is 0 Å². The summed E-state index contributed by atoms with van der Waals surface area (Å²) in [4.78, 5) is 14.3. The van der Waals surface area contributed by atoms with Crippen LogP contribution in [0.15, 0.2) is 4.99 Å². The summed E-state index contributed by atoms with van der Waals surface area (Å²) in [7, 11) is 0. The van der Waals surface area contributed by atoms with Crippen LogP contribution in [-0.2, 0) is 4.79 Å². The average molecular weight is 190 g/mol. The van der Waals surface area contributed by atoms with Crippen LogP contribution in [0.25, 0.3) is 0 Å². The second-order valence-corrected chi connectivity index (χ2v) is 3.14. The van der Waals surface area contributed by atoms with Gasteiger partial charge >= 0.3 is 62.2 Å². The molecule has 3 heteroatoms. The summed E-state index contributed by atoms with van der Waals surface area (Å²) in [6, 6.07) is 0. The fourth-order valence-electron chi connectivity index (χ4n) is 0.209. The summed E-state index contributed by atoms with van der Waals surface area (Å²) in [5.41, 5.74) is -0.378. The third kappa shape index (κ3) is 3.36. The first-order valence-corrected chi connectivity index (χ1v) is 3.46. The van der Waals surface area contributed by atoms with Crippen molar-refractivity contribution in [2.24, 2.45) is 10.4 Å². The van der Waals surface area contributed by atoms with Gasteiger partial charge in [0.25, 0.3) is 0 Å². The van der Waals surface area contributed by atoms with E-state index in [9.17, 15) is 4.79 Å². The second-order valence-electron chi connectivity index (χ2n) is 2.76. The Morgan fingerprint density at radius 1 is 1.56 bits per heavy atom. The molecule has 50 valence electrons. The molecule has 0 heterocycles. The molecule has 2 nitrogen and oxygen atoms in total. The maximum atomic E-state index is 10.8. The number of hydrogen-bond donors (Lipinski definition) is 0. The molecule has 0 aliphatic carbocycles. The van der Waals surface area contributed by atoms with E-state index in [1.165, 1.54) is 0 Å². The zero-order valence-corrected chi connectivity index (χ0v) is 7.48. The molecule has 0 fully saturated rings. The van der Waals surface area contributed by atoms with E-state index in [0.717, 1.165) is 0 Å². The van der Waals surface area contributed by atoms with Gasteiger partial charge in [0.15, 0.2) is 0 Å². The quantitative estimate of drug-likeness (QED) is 0.407. The van der Waals surface area contributed by atoms with Gasteiger partial charge in [-0.1, -0.05) is 0 Å². The molecule has 0 N–H and O–H groups in total. The zero-order chi connectivity index (χ0) is 7.49. The van der Waals surface area contributed by atoms with Crippen LogP contribution in [0.1, 0.15) is 20.8 Å². The van der Waals surface area contributed by atoms with E-state index in [4.69, 9.17) is 0 Å². The Hall–Kier alpha value is -0.231. The summed E-state index contributed by atoms with van der Waals surface area (Å²) in [5, 5.41) is 0. The molecule has 0 aromatic carbocycles. The van der Waals surface area contributed by atoms with Crippen molar-refractivity contribution < 1.29 is 4.79 Å². The molecule has 0 aliphatic heterocycles. The fourth-order valence-corrected chi connectivity index (χ4v) is 0.383. The van der Waals surface area contributed by atoms with Gasteiger partial charge in [-0.3, -0.25) is 0 Å². The predicted octanol–water partition coefficient (Wildman–Crippen LogP) is 0.633. The summed E-state index contributed by atoms with van der Waals surface area (Å²) >= 11 is 2.41. The zero-order valence-electron chi connectivity index (χ0n) is 5.76. The van der Waals surface area contributed by atoms with Crippen LogP contribution in [0, 0.1) is 5.41 Å². The van der Waals surface area contributed by atoms with Gasteiger partial charge in [-0.25, -0.2) is 0 Å². The standard InChI is InChI=1S/C6H9NOSe/c1-6(2,3)5(8)7-4-9/h1-3H3. The van der Waals surface area contributed by atoms with Gasteiger partial charge in [0.2, 0.25) is 0 Å². The first-order chi connectivity index (χ1) is 3.98. The van der Waals surface area contributed by atoms with Crippen LogP contribution >= 0.6 is 0 Å². The van der Waals surface area contributed by atoms with Gasteiger partial charge in [0.05, 0.1) is 0 Å². The van der Waals surface area contributed by atoms with Gasteiger partial charge in [0, 0.05) is 0 Å². The number of aliphatic imine (C=N–C) groups is 1. The van der Waals surface area contributed by atoms with Crippen LogP contribution in [0.4, 0.5) is 0 Å². The first kappa shape index (κ1) is 8.77. The molecule has 0 spiro atoms. The van der Waals surface area contributed by atoms with Crippen molar-refractivity contribution in [2.45, 2.75) is 20.8 Å². The predicted molar refractivity (Wildman–Crippen MR) is 37.7 cm³/mol. The first-order valence-electron chi connectivity index (χ1n) is 2.61. The summed E-state index contributed by atoms with van der Waals surface area (Å²) < 4.78 is 2.32. The Balaban J connectivity index is 4.22. The fraction of sp³-hybridized carbons (Fsp3) is 0.667. The molecular weight excluding hydrogens is 181 g/mol. The number of carbonyl (C=O) groups excluding carboxylic acids is 1. The average Bonchev–Trinajstić information content (AvgIpc) is 1.64. The van der Waals surface area contributed by atoms with Crippen molar-refractivity contribution in [2.75, 3.05) is 0 Å². The number of amides is 1. The Morgan fingerprint density at radius 3 is 2.11 bits per heavy atom. The van der Waals surface area contributed by atoms with Gasteiger partial charge in [-0.2, -0.15) is 0 Å². The van der Waals surface area contributed by atoms with E-state index in [1.807, 2.05) is 20.8 Å². The van der Waals surface area contributed by atoms with Crippen LogP contribution in [-0.4, -0.2) is 26.2 Å². The van der Waals surface area contributed by atoms with Crippen molar-refractivity contribution in [1.82, 2.24) is 0 Å². The molecule has 0 aromatic heterocycles. The molecule has 0 aliphatic rings. The molecule has 0 radical (unpaired) electrons. The Labute approximate surface area is 62.7 Å². The number of nitrogens with zero attached hydrogens (tertiary/aromatic N) is 1. The van der Waals surface area contributed by atoms with E-state index < -0.39 is 0 Å². The third-order valence-electron chi connectivity index (χ3n) is 0.789.